The number of aryl methyl sites for hydroxylation is 2. The van der Waals surface area contributed by atoms with Gasteiger partial charge >= 0.3 is 6.03 Å². The Morgan fingerprint density at radius 1 is 1.18 bits per heavy atom. The molecule has 0 bridgehead atoms. The lowest BCUT2D eigenvalue weighted by Crippen LogP contribution is -2.37. The minimum atomic E-state index is -0.0986. The molecule has 4 rings (SSSR count). The van der Waals surface area contributed by atoms with E-state index in [2.05, 4.69) is 40.5 Å². The predicted octanol–water partition coefficient (Wildman–Crippen LogP) is 4.14. The molecule has 0 aliphatic heterocycles. The Hall–Kier alpha value is -3.15. The fourth-order valence-corrected chi connectivity index (χ4v) is 3.35. The SMILES string of the molecule is Cc1cccc(Cn2nc(C)cc2NC(=O)N(Cc2ccccn2)C2CC2)c1. The molecule has 28 heavy (non-hydrogen) atoms. The van der Waals surface area contributed by atoms with Crippen LogP contribution in [0.25, 0.3) is 0 Å². The van der Waals surface area contributed by atoms with Crippen LogP contribution in [0.3, 0.4) is 0 Å². The Kier molecular flexibility index (Phi) is 5.10. The first-order chi connectivity index (χ1) is 13.6. The largest absolute Gasteiger partial charge is 0.323 e. The zero-order valence-corrected chi connectivity index (χ0v) is 16.3. The van der Waals surface area contributed by atoms with Crippen molar-refractivity contribution in [2.75, 3.05) is 5.32 Å². The minimum absolute atomic E-state index is 0.0986. The molecule has 1 aliphatic carbocycles. The molecule has 2 amide bonds. The van der Waals surface area contributed by atoms with Crippen LogP contribution >= 0.6 is 0 Å². The van der Waals surface area contributed by atoms with Crippen LogP contribution in [0.1, 0.15) is 35.4 Å². The van der Waals surface area contributed by atoms with Gasteiger partial charge in [-0.05, 0) is 44.4 Å². The van der Waals surface area contributed by atoms with E-state index < -0.39 is 0 Å². The third kappa shape index (κ3) is 4.39. The van der Waals surface area contributed by atoms with Gasteiger partial charge in [-0.1, -0.05) is 35.9 Å². The van der Waals surface area contributed by atoms with Crippen molar-refractivity contribution in [3.8, 4) is 0 Å². The van der Waals surface area contributed by atoms with Crippen LogP contribution in [-0.2, 0) is 13.1 Å². The quantitative estimate of drug-likeness (QED) is 0.704. The van der Waals surface area contributed by atoms with Gasteiger partial charge < -0.3 is 4.90 Å². The summed E-state index contributed by atoms with van der Waals surface area (Å²) in [6.07, 6.45) is 3.85. The number of carbonyl (C=O) groups excluding carboxylic acids is 1. The minimum Gasteiger partial charge on any atom is -0.316 e. The third-order valence-corrected chi connectivity index (χ3v) is 4.86. The number of urea groups is 1. The average molecular weight is 375 g/mol. The van der Waals surface area contributed by atoms with E-state index >= 15 is 0 Å². The average Bonchev–Trinajstić information content (AvgIpc) is 3.45. The molecule has 0 atom stereocenters. The van der Waals surface area contributed by atoms with Gasteiger partial charge in [-0.15, -0.1) is 0 Å². The van der Waals surface area contributed by atoms with Crippen LogP contribution in [0.2, 0.25) is 0 Å². The van der Waals surface area contributed by atoms with Gasteiger partial charge in [0, 0.05) is 18.3 Å². The van der Waals surface area contributed by atoms with Gasteiger partial charge in [0.2, 0.25) is 0 Å². The molecule has 2 aromatic heterocycles. The van der Waals surface area contributed by atoms with Crippen molar-refractivity contribution in [2.24, 2.45) is 0 Å². The first-order valence-electron chi connectivity index (χ1n) is 9.66. The second-order valence-corrected chi connectivity index (χ2v) is 7.43. The summed E-state index contributed by atoms with van der Waals surface area (Å²) in [4.78, 5) is 19.3. The number of carbonyl (C=O) groups is 1. The predicted molar refractivity (Wildman–Crippen MR) is 109 cm³/mol. The Labute approximate surface area is 165 Å². The molecular formula is C22H25N5O. The maximum atomic E-state index is 13.0. The van der Waals surface area contributed by atoms with E-state index in [9.17, 15) is 4.79 Å². The van der Waals surface area contributed by atoms with Crippen LogP contribution in [0.5, 0.6) is 0 Å². The maximum absolute atomic E-state index is 13.0. The molecule has 6 heteroatoms. The van der Waals surface area contributed by atoms with Gasteiger partial charge in [0.15, 0.2) is 0 Å². The Balaban J connectivity index is 1.50. The topological polar surface area (TPSA) is 63.1 Å². The van der Waals surface area contributed by atoms with E-state index in [1.807, 2.05) is 46.8 Å². The summed E-state index contributed by atoms with van der Waals surface area (Å²) < 4.78 is 1.86. The highest BCUT2D eigenvalue weighted by atomic mass is 16.2. The molecule has 1 aromatic carbocycles. The van der Waals surface area contributed by atoms with Gasteiger partial charge in [0.1, 0.15) is 5.82 Å². The Morgan fingerprint density at radius 3 is 2.75 bits per heavy atom. The van der Waals surface area contributed by atoms with Gasteiger partial charge in [-0.25, -0.2) is 9.48 Å². The fraction of sp³-hybridized carbons (Fsp3) is 0.318. The number of benzene rings is 1. The number of hydrogen-bond acceptors (Lipinski definition) is 3. The Bertz CT molecular complexity index is 962. The molecule has 3 aromatic rings. The van der Waals surface area contributed by atoms with Gasteiger partial charge in [0.25, 0.3) is 0 Å². The molecule has 1 fully saturated rings. The zero-order valence-electron chi connectivity index (χ0n) is 16.3. The summed E-state index contributed by atoms with van der Waals surface area (Å²) in [6.45, 7) is 5.15. The Morgan fingerprint density at radius 2 is 2.04 bits per heavy atom. The van der Waals surface area contributed by atoms with E-state index in [1.54, 1.807) is 6.20 Å². The molecule has 1 saturated carbocycles. The molecule has 6 nitrogen and oxygen atoms in total. The monoisotopic (exact) mass is 375 g/mol. The van der Waals surface area contributed by atoms with E-state index in [1.165, 1.54) is 5.56 Å². The second kappa shape index (κ2) is 7.84. The summed E-state index contributed by atoms with van der Waals surface area (Å²) in [5.74, 6) is 0.718. The van der Waals surface area contributed by atoms with E-state index in [0.717, 1.165) is 35.6 Å². The van der Waals surface area contributed by atoms with Crippen molar-refractivity contribution in [3.63, 3.8) is 0 Å². The molecule has 1 N–H and O–H groups in total. The second-order valence-electron chi connectivity index (χ2n) is 7.43. The number of aromatic nitrogens is 3. The van der Waals surface area contributed by atoms with Crippen molar-refractivity contribution < 1.29 is 4.79 Å². The highest BCUT2D eigenvalue weighted by Crippen LogP contribution is 2.29. The summed E-state index contributed by atoms with van der Waals surface area (Å²) >= 11 is 0. The maximum Gasteiger partial charge on any atom is 0.323 e. The molecule has 0 radical (unpaired) electrons. The number of rotatable bonds is 6. The molecular weight excluding hydrogens is 350 g/mol. The summed E-state index contributed by atoms with van der Waals surface area (Å²) in [6, 6.07) is 16.2. The van der Waals surface area contributed by atoms with Crippen LogP contribution < -0.4 is 5.32 Å². The number of amides is 2. The summed E-state index contributed by atoms with van der Waals surface area (Å²) in [5, 5.41) is 7.63. The van der Waals surface area contributed by atoms with Crippen molar-refractivity contribution in [2.45, 2.75) is 45.8 Å². The highest BCUT2D eigenvalue weighted by molar-refractivity contribution is 5.89. The van der Waals surface area contributed by atoms with Crippen molar-refractivity contribution in [1.82, 2.24) is 19.7 Å². The molecule has 0 unspecified atom stereocenters. The van der Waals surface area contributed by atoms with Crippen LogP contribution in [0.15, 0.2) is 54.7 Å². The highest BCUT2D eigenvalue weighted by Gasteiger charge is 2.33. The summed E-state index contributed by atoms with van der Waals surface area (Å²) in [5.41, 5.74) is 4.15. The van der Waals surface area contributed by atoms with Crippen molar-refractivity contribution >= 4 is 11.8 Å². The molecule has 144 valence electrons. The van der Waals surface area contributed by atoms with Gasteiger partial charge in [0.05, 0.1) is 24.5 Å². The van der Waals surface area contributed by atoms with Gasteiger partial charge in [-0.2, -0.15) is 5.10 Å². The van der Waals surface area contributed by atoms with E-state index in [-0.39, 0.29) is 12.1 Å². The zero-order chi connectivity index (χ0) is 19.5. The third-order valence-electron chi connectivity index (χ3n) is 4.86. The van der Waals surface area contributed by atoms with Crippen LogP contribution in [0.4, 0.5) is 10.6 Å². The first kappa shape index (κ1) is 18.2. The van der Waals surface area contributed by atoms with E-state index in [0.29, 0.717) is 13.1 Å². The lowest BCUT2D eigenvalue weighted by molar-refractivity contribution is 0.205. The molecule has 0 spiro atoms. The van der Waals surface area contributed by atoms with Crippen LogP contribution in [0, 0.1) is 13.8 Å². The lowest BCUT2D eigenvalue weighted by Gasteiger charge is -2.22. The summed E-state index contributed by atoms with van der Waals surface area (Å²) in [7, 11) is 0. The first-order valence-corrected chi connectivity index (χ1v) is 9.66. The smallest absolute Gasteiger partial charge is 0.316 e. The fourth-order valence-electron chi connectivity index (χ4n) is 3.35. The normalized spacial score (nSPS) is 13.4. The molecule has 0 saturated heterocycles. The number of pyridine rings is 1. The van der Waals surface area contributed by atoms with Crippen molar-refractivity contribution in [3.05, 3.63) is 77.2 Å². The standard InChI is InChI=1S/C22H25N5O/c1-16-6-5-7-18(12-16)14-27-21(13-17(2)25-27)24-22(28)26(20-9-10-20)15-19-8-3-4-11-23-19/h3-8,11-13,20H,9-10,14-15H2,1-2H3,(H,24,28). The number of nitrogens with one attached hydrogen (secondary N) is 1. The lowest BCUT2D eigenvalue weighted by atomic mass is 10.1. The molecule has 2 heterocycles. The van der Waals surface area contributed by atoms with Crippen molar-refractivity contribution in [1.29, 1.82) is 0 Å². The van der Waals surface area contributed by atoms with E-state index in [4.69, 9.17) is 0 Å². The van der Waals surface area contributed by atoms with Crippen LogP contribution in [-0.4, -0.2) is 31.7 Å². The molecule has 1 aliphatic rings. The van der Waals surface area contributed by atoms with Gasteiger partial charge in [-0.3, -0.25) is 10.3 Å². The number of nitrogens with zero attached hydrogens (tertiary/aromatic N) is 4. The number of hydrogen-bond donors (Lipinski definition) is 1. The number of anilines is 1.